The Kier molecular flexibility index (Phi) is 2.84. The van der Waals surface area contributed by atoms with Crippen LogP contribution in [0.2, 0.25) is 0 Å². The molecule has 1 saturated heterocycles. The van der Waals surface area contributed by atoms with E-state index in [-0.39, 0.29) is 18.4 Å². The first-order chi connectivity index (χ1) is 5.15. The van der Waals surface area contributed by atoms with Gasteiger partial charge >= 0.3 is 0 Å². The summed E-state index contributed by atoms with van der Waals surface area (Å²) in [5.41, 5.74) is 5.62. The molecule has 0 aromatic rings. The Morgan fingerprint density at radius 2 is 2.27 bits per heavy atom. The molecule has 1 aliphatic rings. The first-order valence-corrected chi connectivity index (χ1v) is 3.77. The SMILES string of the molecule is CO[C@@H]1C[C@@H](N)[C@@H](O)[C@H](C)O1. The van der Waals surface area contributed by atoms with Gasteiger partial charge in [-0.15, -0.1) is 0 Å². The maximum Gasteiger partial charge on any atom is 0.159 e. The van der Waals surface area contributed by atoms with Gasteiger partial charge < -0.3 is 20.3 Å². The summed E-state index contributed by atoms with van der Waals surface area (Å²) in [7, 11) is 1.57. The zero-order valence-corrected chi connectivity index (χ0v) is 6.86. The number of hydrogen-bond acceptors (Lipinski definition) is 4. The van der Waals surface area contributed by atoms with Gasteiger partial charge in [0.1, 0.15) is 0 Å². The quantitative estimate of drug-likeness (QED) is 0.542. The number of ether oxygens (including phenoxy) is 2. The van der Waals surface area contributed by atoms with Crippen molar-refractivity contribution in [2.45, 2.75) is 37.9 Å². The van der Waals surface area contributed by atoms with Crippen LogP contribution in [-0.2, 0) is 9.47 Å². The number of rotatable bonds is 1. The predicted octanol–water partition coefficient (Wildman–Crippen LogP) is -0.544. The second-order valence-corrected chi connectivity index (χ2v) is 2.90. The molecule has 66 valence electrons. The molecule has 0 aromatic heterocycles. The summed E-state index contributed by atoms with van der Waals surface area (Å²) in [5, 5.41) is 9.35. The molecule has 0 aliphatic carbocycles. The number of aliphatic hydroxyl groups excluding tert-OH is 1. The van der Waals surface area contributed by atoms with Crippen LogP contribution >= 0.6 is 0 Å². The lowest BCUT2D eigenvalue weighted by molar-refractivity contribution is -0.211. The molecule has 11 heavy (non-hydrogen) atoms. The van der Waals surface area contributed by atoms with Crippen molar-refractivity contribution in [3.63, 3.8) is 0 Å². The highest BCUT2D eigenvalue weighted by Gasteiger charge is 2.32. The van der Waals surface area contributed by atoms with Crippen molar-refractivity contribution in [1.29, 1.82) is 0 Å². The third-order valence-electron chi connectivity index (χ3n) is 2.01. The zero-order valence-electron chi connectivity index (χ0n) is 6.86. The molecule has 1 fully saturated rings. The molecule has 0 aromatic carbocycles. The first kappa shape index (κ1) is 8.93. The fourth-order valence-electron chi connectivity index (χ4n) is 1.24. The summed E-state index contributed by atoms with van der Waals surface area (Å²) < 4.78 is 10.2. The fraction of sp³-hybridized carbons (Fsp3) is 1.00. The van der Waals surface area contributed by atoms with E-state index in [9.17, 15) is 5.11 Å². The van der Waals surface area contributed by atoms with Gasteiger partial charge in [-0.3, -0.25) is 0 Å². The number of hydrogen-bond donors (Lipinski definition) is 2. The van der Waals surface area contributed by atoms with E-state index in [2.05, 4.69) is 0 Å². The Balaban J connectivity index is 2.47. The second kappa shape index (κ2) is 3.49. The molecule has 1 aliphatic heterocycles. The van der Waals surface area contributed by atoms with Crippen LogP contribution in [0.25, 0.3) is 0 Å². The van der Waals surface area contributed by atoms with E-state index in [4.69, 9.17) is 15.2 Å². The Labute approximate surface area is 66.3 Å². The highest BCUT2D eigenvalue weighted by molar-refractivity contribution is 4.82. The second-order valence-electron chi connectivity index (χ2n) is 2.90. The van der Waals surface area contributed by atoms with Crippen molar-refractivity contribution in [2.75, 3.05) is 7.11 Å². The summed E-state index contributed by atoms with van der Waals surface area (Å²) in [5.74, 6) is 0. The molecule has 1 heterocycles. The monoisotopic (exact) mass is 161 g/mol. The Bertz CT molecular complexity index is 119. The highest BCUT2D eigenvalue weighted by atomic mass is 16.7. The van der Waals surface area contributed by atoms with E-state index in [0.717, 1.165) is 0 Å². The van der Waals surface area contributed by atoms with Crippen LogP contribution in [0.15, 0.2) is 0 Å². The van der Waals surface area contributed by atoms with Crippen molar-refractivity contribution in [3.05, 3.63) is 0 Å². The van der Waals surface area contributed by atoms with Gasteiger partial charge in [0.15, 0.2) is 6.29 Å². The molecule has 0 radical (unpaired) electrons. The maximum atomic E-state index is 9.35. The van der Waals surface area contributed by atoms with Crippen molar-refractivity contribution in [3.8, 4) is 0 Å². The molecule has 0 unspecified atom stereocenters. The molecule has 4 nitrogen and oxygen atoms in total. The molecule has 4 atom stereocenters. The van der Waals surface area contributed by atoms with Crippen LogP contribution in [0.1, 0.15) is 13.3 Å². The lowest BCUT2D eigenvalue weighted by atomic mass is 10.0. The van der Waals surface area contributed by atoms with Gasteiger partial charge in [-0.1, -0.05) is 0 Å². The van der Waals surface area contributed by atoms with E-state index < -0.39 is 6.10 Å². The van der Waals surface area contributed by atoms with Crippen LogP contribution in [-0.4, -0.2) is 36.8 Å². The van der Waals surface area contributed by atoms with E-state index in [0.29, 0.717) is 6.42 Å². The molecule has 0 saturated carbocycles. The van der Waals surface area contributed by atoms with Gasteiger partial charge in [0.2, 0.25) is 0 Å². The Hall–Kier alpha value is -0.160. The number of methoxy groups -OCH3 is 1. The van der Waals surface area contributed by atoms with Crippen LogP contribution < -0.4 is 5.73 Å². The van der Waals surface area contributed by atoms with Gasteiger partial charge in [-0.25, -0.2) is 0 Å². The standard InChI is InChI=1S/C7H15NO3/c1-4-7(9)5(8)3-6(10-2)11-4/h4-7,9H,3,8H2,1-2H3/t4-,5+,6-,7-/m0/s1. The maximum absolute atomic E-state index is 9.35. The topological polar surface area (TPSA) is 64.7 Å². The molecule has 4 heteroatoms. The molecule has 0 amide bonds. The van der Waals surface area contributed by atoms with Crippen molar-refractivity contribution in [1.82, 2.24) is 0 Å². The lowest BCUT2D eigenvalue weighted by Crippen LogP contribution is -2.51. The van der Waals surface area contributed by atoms with E-state index in [1.807, 2.05) is 0 Å². The zero-order chi connectivity index (χ0) is 8.43. The third-order valence-corrected chi connectivity index (χ3v) is 2.01. The summed E-state index contributed by atoms with van der Waals surface area (Å²) >= 11 is 0. The van der Waals surface area contributed by atoms with Gasteiger partial charge in [0, 0.05) is 19.6 Å². The highest BCUT2D eigenvalue weighted by Crippen LogP contribution is 2.18. The van der Waals surface area contributed by atoms with Crippen molar-refractivity contribution >= 4 is 0 Å². The number of nitrogens with two attached hydrogens (primary N) is 1. The Morgan fingerprint density at radius 1 is 1.64 bits per heavy atom. The molecule has 3 N–H and O–H groups in total. The van der Waals surface area contributed by atoms with E-state index >= 15 is 0 Å². The lowest BCUT2D eigenvalue weighted by Gasteiger charge is -2.35. The minimum absolute atomic E-state index is 0.233. The molecule has 0 bridgehead atoms. The molecule has 0 spiro atoms. The van der Waals surface area contributed by atoms with Gasteiger partial charge in [-0.05, 0) is 6.92 Å². The summed E-state index contributed by atoms with van der Waals surface area (Å²) in [6, 6.07) is -0.233. The third kappa shape index (κ3) is 1.90. The smallest absolute Gasteiger partial charge is 0.159 e. The van der Waals surface area contributed by atoms with Gasteiger partial charge in [0.25, 0.3) is 0 Å². The van der Waals surface area contributed by atoms with Crippen LogP contribution in [0.3, 0.4) is 0 Å². The molecule has 1 rings (SSSR count). The van der Waals surface area contributed by atoms with Crippen molar-refractivity contribution in [2.24, 2.45) is 5.73 Å². The average Bonchev–Trinajstić information content (AvgIpc) is 1.99. The first-order valence-electron chi connectivity index (χ1n) is 3.77. The van der Waals surface area contributed by atoms with Gasteiger partial charge in [-0.2, -0.15) is 0 Å². The van der Waals surface area contributed by atoms with Crippen LogP contribution in [0.5, 0.6) is 0 Å². The summed E-state index contributed by atoms with van der Waals surface area (Å²) in [6.45, 7) is 1.79. The van der Waals surface area contributed by atoms with Crippen molar-refractivity contribution < 1.29 is 14.6 Å². The molecular weight excluding hydrogens is 146 g/mol. The average molecular weight is 161 g/mol. The molecular formula is C7H15NO3. The Morgan fingerprint density at radius 3 is 2.73 bits per heavy atom. The van der Waals surface area contributed by atoms with Crippen LogP contribution in [0, 0.1) is 0 Å². The van der Waals surface area contributed by atoms with Gasteiger partial charge in [0.05, 0.1) is 12.2 Å². The summed E-state index contributed by atoms with van der Waals surface area (Å²) in [4.78, 5) is 0. The van der Waals surface area contributed by atoms with Crippen LogP contribution in [0.4, 0.5) is 0 Å². The fourth-order valence-corrected chi connectivity index (χ4v) is 1.24. The predicted molar refractivity (Wildman–Crippen MR) is 39.9 cm³/mol. The normalized spacial score (nSPS) is 45.8. The van der Waals surface area contributed by atoms with E-state index in [1.54, 1.807) is 14.0 Å². The largest absolute Gasteiger partial charge is 0.389 e. The minimum atomic E-state index is -0.568. The minimum Gasteiger partial charge on any atom is -0.389 e. The number of aliphatic hydroxyl groups is 1. The summed E-state index contributed by atoms with van der Waals surface area (Å²) in [6.07, 6.45) is -0.504. The van der Waals surface area contributed by atoms with E-state index in [1.165, 1.54) is 0 Å².